The average Bonchev–Trinajstić information content (AvgIpc) is 3.41. The first-order valence-electron chi connectivity index (χ1n) is 10.9. The molecule has 2 aromatic heterocycles. The van der Waals surface area contributed by atoms with Gasteiger partial charge in [-0.05, 0) is 64.9 Å². The number of likely N-dealkylation sites (tertiary alicyclic amines) is 1. The summed E-state index contributed by atoms with van der Waals surface area (Å²) in [6, 6.07) is 5.62. The Morgan fingerprint density at radius 1 is 1.16 bits per heavy atom. The van der Waals surface area contributed by atoms with Crippen LogP contribution in [0.15, 0.2) is 29.0 Å². The Morgan fingerprint density at radius 2 is 1.91 bits per heavy atom. The molecular formula is C23H28N6O3. The molecule has 0 unspecified atom stereocenters. The summed E-state index contributed by atoms with van der Waals surface area (Å²) in [5, 5.41) is 6.62. The lowest BCUT2D eigenvalue weighted by atomic mass is 10.0. The molecule has 0 aliphatic carbocycles. The van der Waals surface area contributed by atoms with Crippen molar-refractivity contribution in [2.45, 2.75) is 40.0 Å². The summed E-state index contributed by atoms with van der Waals surface area (Å²) in [5.74, 6) is 1.29. The van der Waals surface area contributed by atoms with Crippen LogP contribution in [0.25, 0.3) is 11.1 Å². The van der Waals surface area contributed by atoms with Crippen LogP contribution in [0.5, 0.6) is 5.75 Å². The van der Waals surface area contributed by atoms with Crippen molar-refractivity contribution in [2.24, 2.45) is 0 Å². The predicted octanol–water partition coefficient (Wildman–Crippen LogP) is 3.11. The number of carbonyl (C=O) groups excluding carboxylic acids is 1. The maximum Gasteiger partial charge on any atom is 0.236 e. The van der Waals surface area contributed by atoms with Gasteiger partial charge in [0.1, 0.15) is 25.1 Å². The molecule has 1 fully saturated rings. The molecule has 1 N–H and O–H groups in total. The number of carbonyl (C=O) groups is 1. The molecule has 0 bridgehead atoms. The number of aromatic nitrogens is 4. The molecule has 32 heavy (non-hydrogen) atoms. The molecule has 9 heteroatoms. The highest BCUT2D eigenvalue weighted by Gasteiger charge is 2.17. The lowest BCUT2D eigenvalue weighted by Crippen LogP contribution is -2.25. The van der Waals surface area contributed by atoms with Gasteiger partial charge in [-0.2, -0.15) is 4.98 Å². The van der Waals surface area contributed by atoms with E-state index in [4.69, 9.17) is 9.26 Å². The maximum absolute atomic E-state index is 12.5. The molecule has 1 amide bonds. The van der Waals surface area contributed by atoms with Gasteiger partial charge < -0.3 is 14.6 Å². The summed E-state index contributed by atoms with van der Waals surface area (Å²) >= 11 is 0. The van der Waals surface area contributed by atoms with Crippen molar-refractivity contribution < 1.29 is 14.1 Å². The number of hydrogen-bond acceptors (Lipinski definition) is 8. The Labute approximate surface area is 187 Å². The summed E-state index contributed by atoms with van der Waals surface area (Å²) < 4.78 is 11.2. The maximum atomic E-state index is 12.5. The molecular weight excluding hydrogens is 408 g/mol. The van der Waals surface area contributed by atoms with Gasteiger partial charge in [-0.15, -0.1) is 0 Å². The summed E-state index contributed by atoms with van der Waals surface area (Å²) in [7, 11) is 0. The average molecular weight is 437 g/mol. The Hall–Kier alpha value is -3.33. The number of ether oxygens (including phenoxy) is 1. The van der Waals surface area contributed by atoms with E-state index in [9.17, 15) is 4.79 Å². The number of rotatable bonds is 8. The van der Waals surface area contributed by atoms with E-state index in [0.717, 1.165) is 47.9 Å². The minimum atomic E-state index is -0.236. The molecule has 0 spiro atoms. The molecule has 0 radical (unpaired) electrons. The molecule has 9 nitrogen and oxygen atoms in total. The standard InChI is InChI=1S/C23H28N6O3/c1-15-23(16(2)25-14-24-15)19-12-18(27-21(30)13-22-26-17(3)28-32-22)6-7-20(19)31-11-10-29-8-4-5-9-29/h6-7,12,14H,4-5,8-11,13H2,1-3H3,(H,27,30). The minimum absolute atomic E-state index is 0.0107. The Balaban J connectivity index is 1.55. The first kappa shape index (κ1) is 21.9. The van der Waals surface area contributed by atoms with E-state index in [-0.39, 0.29) is 18.2 Å². The normalized spacial score (nSPS) is 14.0. The zero-order chi connectivity index (χ0) is 22.5. The van der Waals surface area contributed by atoms with Crippen molar-refractivity contribution >= 4 is 11.6 Å². The topological polar surface area (TPSA) is 106 Å². The molecule has 3 heterocycles. The quantitative estimate of drug-likeness (QED) is 0.574. The third kappa shape index (κ3) is 5.28. The number of benzene rings is 1. The lowest BCUT2D eigenvalue weighted by Gasteiger charge is -2.18. The van der Waals surface area contributed by atoms with Crippen molar-refractivity contribution in [1.82, 2.24) is 25.0 Å². The summed E-state index contributed by atoms with van der Waals surface area (Å²) in [6.07, 6.45) is 4.07. The van der Waals surface area contributed by atoms with Crippen LogP contribution < -0.4 is 10.1 Å². The molecule has 0 saturated carbocycles. The molecule has 1 aliphatic rings. The molecule has 4 rings (SSSR count). The van der Waals surface area contributed by atoms with E-state index in [1.165, 1.54) is 12.8 Å². The van der Waals surface area contributed by atoms with Gasteiger partial charge in [-0.25, -0.2) is 9.97 Å². The molecule has 3 aromatic rings. The van der Waals surface area contributed by atoms with E-state index in [0.29, 0.717) is 18.1 Å². The highest BCUT2D eigenvalue weighted by molar-refractivity contribution is 5.93. The molecule has 0 atom stereocenters. The second-order valence-electron chi connectivity index (χ2n) is 7.99. The van der Waals surface area contributed by atoms with Gasteiger partial charge in [0.15, 0.2) is 5.82 Å². The van der Waals surface area contributed by atoms with E-state index >= 15 is 0 Å². The third-order valence-electron chi connectivity index (χ3n) is 5.50. The molecule has 1 aromatic carbocycles. The van der Waals surface area contributed by atoms with Crippen LogP contribution in [0, 0.1) is 20.8 Å². The van der Waals surface area contributed by atoms with Crippen molar-refractivity contribution in [3.63, 3.8) is 0 Å². The highest BCUT2D eigenvalue weighted by atomic mass is 16.5. The predicted molar refractivity (Wildman–Crippen MR) is 119 cm³/mol. The fraction of sp³-hybridized carbons (Fsp3) is 0.435. The second kappa shape index (κ2) is 9.86. The largest absolute Gasteiger partial charge is 0.492 e. The third-order valence-corrected chi connectivity index (χ3v) is 5.50. The van der Waals surface area contributed by atoms with Crippen LogP contribution in [0.2, 0.25) is 0 Å². The lowest BCUT2D eigenvalue weighted by molar-refractivity contribution is -0.115. The van der Waals surface area contributed by atoms with Gasteiger partial charge >= 0.3 is 0 Å². The SMILES string of the molecule is Cc1noc(CC(=O)Nc2ccc(OCCN3CCCC3)c(-c3c(C)ncnc3C)c2)n1. The zero-order valence-electron chi connectivity index (χ0n) is 18.7. The molecule has 1 aliphatic heterocycles. The smallest absolute Gasteiger partial charge is 0.236 e. The van der Waals surface area contributed by atoms with Crippen LogP contribution in [0.1, 0.15) is 35.9 Å². The van der Waals surface area contributed by atoms with Crippen molar-refractivity contribution in [2.75, 3.05) is 31.6 Å². The summed E-state index contributed by atoms with van der Waals surface area (Å²) in [6.45, 7) is 9.36. The van der Waals surface area contributed by atoms with Crippen molar-refractivity contribution in [3.8, 4) is 16.9 Å². The van der Waals surface area contributed by atoms with Crippen LogP contribution >= 0.6 is 0 Å². The van der Waals surface area contributed by atoms with E-state index in [2.05, 4.69) is 30.3 Å². The monoisotopic (exact) mass is 436 g/mol. The van der Waals surface area contributed by atoms with Crippen LogP contribution in [-0.4, -0.2) is 57.2 Å². The number of amides is 1. The van der Waals surface area contributed by atoms with Crippen LogP contribution in [0.4, 0.5) is 5.69 Å². The number of aryl methyl sites for hydroxylation is 3. The highest BCUT2D eigenvalue weighted by Crippen LogP contribution is 2.35. The number of hydrogen-bond donors (Lipinski definition) is 1. The van der Waals surface area contributed by atoms with Crippen LogP contribution in [-0.2, 0) is 11.2 Å². The second-order valence-corrected chi connectivity index (χ2v) is 7.99. The zero-order valence-corrected chi connectivity index (χ0v) is 18.7. The number of nitrogens with zero attached hydrogens (tertiary/aromatic N) is 5. The summed E-state index contributed by atoms with van der Waals surface area (Å²) in [5.41, 5.74) is 4.12. The first-order valence-corrected chi connectivity index (χ1v) is 10.9. The first-order chi connectivity index (χ1) is 15.5. The van der Waals surface area contributed by atoms with Gasteiger partial charge in [-0.3, -0.25) is 9.69 Å². The number of nitrogens with one attached hydrogen (secondary N) is 1. The Morgan fingerprint density at radius 3 is 2.59 bits per heavy atom. The summed E-state index contributed by atoms with van der Waals surface area (Å²) in [4.78, 5) is 27.7. The van der Waals surface area contributed by atoms with Crippen molar-refractivity contribution in [1.29, 1.82) is 0 Å². The molecule has 168 valence electrons. The van der Waals surface area contributed by atoms with E-state index < -0.39 is 0 Å². The number of anilines is 1. The fourth-order valence-electron chi connectivity index (χ4n) is 3.96. The van der Waals surface area contributed by atoms with Gasteiger partial charge in [0, 0.05) is 34.7 Å². The van der Waals surface area contributed by atoms with Crippen LogP contribution in [0.3, 0.4) is 0 Å². The van der Waals surface area contributed by atoms with Gasteiger partial charge in [0.05, 0.1) is 0 Å². The fourth-order valence-corrected chi connectivity index (χ4v) is 3.96. The Kier molecular flexibility index (Phi) is 6.75. The molecule has 1 saturated heterocycles. The van der Waals surface area contributed by atoms with E-state index in [1.54, 1.807) is 13.3 Å². The van der Waals surface area contributed by atoms with E-state index in [1.807, 2.05) is 32.0 Å². The van der Waals surface area contributed by atoms with Crippen molar-refractivity contribution in [3.05, 3.63) is 47.6 Å². The van der Waals surface area contributed by atoms with Gasteiger partial charge in [0.25, 0.3) is 0 Å². The van der Waals surface area contributed by atoms with Gasteiger partial charge in [0.2, 0.25) is 11.8 Å². The van der Waals surface area contributed by atoms with Gasteiger partial charge in [-0.1, -0.05) is 5.16 Å². The minimum Gasteiger partial charge on any atom is -0.492 e. The Bertz CT molecular complexity index is 1070.